The summed E-state index contributed by atoms with van der Waals surface area (Å²) in [5, 5.41) is 1.08. The molecule has 1 fully saturated rings. The SMILES string of the molecule is Cc1cccc2sc(N3CCN(C(=O)C(C)(C)C)CC3)nc12. The molecule has 118 valence electrons. The Morgan fingerprint density at radius 1 is 1.18 bits per heavy atom. The van der Waals surface area contributed by atoms with Gasteiger partial charge in [0, 0.05) is 31.6 Å². The highest BCUT2D eigenvalue weighted by Gasteiger charge is 2.30. The summed E-state index contributed by atoms with van der Waals surface area (Å²) in [7, 11) is 0. The topological polar surface area (TPSA) is 36.4 Å². The van der Waals surface area contributed by atoms with E-state index in [0.717, 1.165) is 36.8 Å². The fourth-order valence-corrected chi connectivity index (χ4v) is 3.88. The molecule has 5 heteroatoms. The Bertz CT molecular complexity index is 693. The van der Waals surface area contributed by atoms with E-state index in [9.17, 15) is 4.79 Å². The van der Waals surface area contributed by atoms with Crippen molar-refractivity contribution in [3.63, 3.8) is 0 Å². The van der Waals surface area contributed by atoms with Crippen LogP contribution in [0.5, 0.6) is 0 Å². The van der Waals surface area contributed by atoms with Gasteiger partial charge in [0.15, 0.2) is 5.13 Å². The highest BCUT2D eigenvalue weighted by molar-refractivity contribution is 7.22. The lowest BCUT2D eigenvalue weighted by Gasteiger charge is -2.37. The fraction of sp³-hybridized carbons (Fsp3) is 0.529. The molecule has 0 saturated carbocycles. The van der Waals surface area contributed by atoms with E-state index < -0.39 is 0 Å². The van der Waals surface area contributed by atoms with E-state index >= 15 is 0 Å². The molecule has 2 aromatic rings. The smallest absolute Gasteiger partial charge is 0.228 e. The van der Waals surface area contributed by atoms with E-state index in [1.165, 1.54) is 10.3 Å². The lowest BCUT2D eigenvalue weighted by molar-refractivity contribution is -0.139. The van der Waals surface area contributed by atoms with Crippen molar-refractivity contribution in [1.29, 1.82) is 0 Å². The number of amides is 1. The summed E-state index contributed by atoms with van der Waals surface area (Å²) < 4.78 is 1.24. The van der Waals surface area contributed by atoms with Crippen molar-refractivity contribution >= 4 is 32.6 Å². The van der Waals surface area contributed by atoms with E-state index in [4.69, 9.17) is 4.98 Å². The van der Waals surface area contributed by atoms with Crippen LogP contribution >= 0.6 is 11.3 Å². The Morgan fingerprint density at radius 2 is 1.86 bits per heavy atom. The Hall–Kier alpha value is -1.62. The summed E-state index contributed by atoms with van der Waals surface area (Å²) >= 11 is 1.74. The van der Waals surface area contributed by atoms with Gasteiger partial charge in [-0.15, -0.1) is 0 Å². The van der Waals surface area contributed by atoms with Gasteiger partial charge in [-0.05, 0) is 18.6 Å². The van der Waals surface area contributed by atoms with Crippen molar-refractivity contribution in [2.24, 2.45) is 5.41 Å². The van der Waals surface area contributed by atoms with Gasteiger partial charge in [0.2, 0.25) is 5.91 Å². The lowest BCUT2D eigenvalue weighted by Crippen LogP contribution is -2.51. The normalized spacial score (nSPS) is 16.4. The number of hydrogen-bond acceptors (Lipinski definition) is 4. The number of aryl methyl sites for hydroxylation is 1. The number of rotatable bonds is 1. The van der Waals surface area contributed by atoms with Crippen molar-refractivity contribution in [2.75, 3.05) is 31.1 Å². The second kappa shape index (κ2) is 5.54. The van der Waals surface area contributed by atoms with Crippen LogP contribution in [0.1, 0.15) is 26.3 Å². The average Bonchev–Trinajstić information content (AvgIpc) is 2.91. The number of anilines is 1. The maximum atomic E-state index is 12.3. The third kappa shape index (κ3) is 2.82. The number of aromatic nitrogens is 1. The van der Waals surface area contributed by atoms with Gasteiger partial charge in [-0.3, -0.25) is 4.79 Å². The van der Waals surface area contributed by atoms with Crippen LogP contribution in [0.3, 0.4) is 0 Å². The number of nitrogens with zero attached hydrogens (tertiary/aromatic N) is 3. The van der Waals surface area contributed by atoms with Crippen molar-refractivity contribution in [2.45, 2.75) is 27.7 Å². The van der Waals surface area contributed by atoms with Crippen LogP contribution in [0, 0.1) is 12.3 Å². The minimum atomic E-state index is -0.296. The van der Waals surface area contributed by atoms with Crippen molar-refractivity contribution in [3.05, 3.63) is 23.8 Å². The molecule has 1 aromatic carbocycles. The molecule has 1 saturated heterocycles. The van der Waals surface area contributed by atoms with E-state index in [0.29, 0.717) is 0 Å². The predicted molar refractivity (Wildman–Crippen MR) is 92.6 cm³/mol. The molecule has 1 aliphatic heterocycles. The third-order valence-corrected chi connectivity index (χ3v) is 5.17. The van der Waals surface area contributed by atoms with Gasteiger partial charge >= 0.3 is 0 Å². The quantitative estimate of drug-likeness (QED) is 0.810. The zero-order valence-electron chi connectivity index (χ0n) is 13.7. The molecule has 2 heterocycles. The lowest BCUT2D eigenvalue weighted by atomic mass is 9.94. The van der Waals surface area contributed by atoms with Crippen LogP contribution in [0.4, 0.5) is 5.13 Å². The summed E-state index contributed by atoms with van der Waals surface area (Å²) in [4.78, 5) is 21.4. The maximum absolute atomic E-state index is 12.3. The first-order valence-corrected chi connectivity index (χ1v) is 8.58. The Balaban J connectivity index is 1.73. The van der Waals surface area contributed by atoms with Gasteiger partial charge in [-0.25, -0.2) is 4.98 Å². The molecular weight excluding hydrogens is 294 g/mol. The molecule has 22 heavy (non-hydrogen) atoms. The molecule has 4 nitrogen and oxygen atoms in total. The minimum Gasteiger partial charge on any atom is -0.345 e. The number of hydrogen-bond donors (Lipinski definition) is 0. The van der Waals surface area contributed by atoms with Gasteiger partial charge in [-0.1, -0.05) is 44.2 Å². The number of carbonyl (C=O) groups excluding carboxylic acids is 1. The Kier molecular flexibility index (Phi) is 3.85. The monoisotopic (exact) mass is 317 g/mol. The molecule has 0 bridgehead atoms. The van der Waals surface area contributed by atoms with Crippen LogP contribution in [-0.2, 0) is 4.79 Å². The first kappa shape index (κ1) is 15.3. The highest BCUT2D eigenvalue weighted by atomic mass is 32.1. The van der Waals surface area contributed by atoms with Crippen molar-refractivity contribution in [3.8, 4) is 0 Å². The van der Waals surface area contributed by atoms with Gasteiger partial charge in [0.25, 0.3) is 0 Å². The molecule has 0 unspecified atom stereocenters. The van der Waals surface area contributed by atoms with E-state index in [1.54, 1.807) is 11.3 Å². The number of thiazole rings is 1. The highest BCUT2D eigenvalue weighted by Crippen LogP contribution is 2.31. The summed E-state index contributed by atoms with van der Waals surface area (Å²) in [6.07, 6.45) is 0. The molecule has 1 aliphatic rings. The second-order valence-corrected chi connectivity index (χ2v) is 7.96. The van der Waals surface area contributed by atoms with Gasteiger partial charge in [-0.2, -0.15) is 0 Å². The molecule has 3 rings (SSSR count). The van der Waals surface area contributed by atoms with Crippen LogP contribution < -0.4 is 4.90 Å². The van der Waals surface area contributed by atoms with Crippen LogP contribution in [0.25, 0.3) is 10.2 Å². The first-order valence-electron chi connectivity index (χ1n) is 7.77. The molecule has 0 atom stereocenters. The Morgan fingerprint density at radius 3 is 2.45 bits per heavy atom. The standard InChI is InChI=1S/C17H23N3OS/c1-12-6-5-7-13-14(12)18-16(22-13)20-10-8-19(9-11-20)15(21)17(2,3)4/h5-7H,8-11H2,1-4H3. The summed E-state index contributed by atoms with van der Waals surface area (Å²) in [5.74, 6) is 0.243. The Labute approximate surface area is 135 Å². The predicted octanol–water partition coefficient (Wildman–Crippen LogP) is 3.30. The summed E-state index contributed by atoms with van der Waals surface area (Å²) in [5.41, 5.74) is 2.03. The van der Waals surface area contributed by atoms with E-state index in [-0.39, 0.29) is 11.3 Å². The number of benzene rings is 1. The molecule has 0 aliphatic carbocycles. The molecule has 1 amide bonds. The van der Waals surface area contributed by atoms with Gasteiger partial charge in [0.1, 0.15) is 0 Å². The van der Waals surface area contributed by atoms with Crippen LogP contribution in [-0.4, -0.2) is 42.0 Å². The number of fused-ring (bicyclic) bond motifs is 1. The summed E-state index contributed by atoms with van der Waals surface area (Å²) in [6, 6.07) is 6.31. The second-order valence-electron chi connectivity index (χ2n) is 6.95. The molecule has 0 spiro atoms. The molecular formula is C17H23N3OS. The third-order valence-electron chi connectivity index (χ3n) is 4.09. The molecule has 1 aromatic heterocycles. The zero-order valence-corrected chi connectivity index (χ0v) is 14.5. The van der Waals surface area contributed by atoms with Crippen molar-refractivity contribution in [1.82, 2.24) is 9.88 Å². The number of piperazine rings is 1. The van der Waals surface area contributed by atoms with E-state index in [2.05, 4.69) is 30.0 Å². The zero-order chi connectivity index (χ0) is 15.9. The van der Waals surface area contributed by atoms with Crippen LogP contribution in [0.2, 0.25) is 0 Å². The maximum Gasteiger partial charge on any atom is 0.228 e. The average molecular weight is 317 g/mol. The fourth-order valence-electron chi connectivity index (χ4n) is 2.78. The summed E-state index contributed by atoms with van der Waals surface area (Å²) in [6.45, 7) is 11.3. The molecule has 0 radical (unpaired) electrons. The minimum absolute atomic E-state index is 0.243. The van der Waals surface area contributed by atoms with Crippen LogP contribution in [0.15, 0.2) is 18.2 Å². The van der Waals surface area contributed by atoms with Gasteiger partial charge in [0.05, 0.1) is 10.2 Å². The first-order chi connectivity index (χ1) is 10.4. The van der Waals surface area contributed by atoms with E-state index in [1.807, 2.05) is 25.7 Å². The molecule has 0 N–H and O–H groups in total. The number of para-hydroxylation sites is 1. The largest absolute Gasteiger partial charge is 0.345 e. The number of carbonyl (C=O) groups is 1. The van der Waals surface area contributed by atoms with Gasteiger partial charge < -0.3 is 9.80 Å². The van der Waals surface area contributed by atoms with Crippen molar-refractivity contribution < 1.29 is 4.79 Å².